The highest BCUT2D eigenvalue weighted by Gasteiger charge is 2.19. The van der Waals surface area contributed by atoms with E-state index in [-0.39, 0.29) is 24.9 Å². The molecule has 0 radical (unpaired) electrons. The van der Waals surface area contributed by atoms with Gasteiger partial charge in [0.15, 0.2) is 0 Å². The molecule has 6 nitrogen and oxygen atoms in total. The third-order valence-corrected chi connectivity index (χ3v) is 2.42. The molecule has 0 bridgehead atoms. The lowest BCUT2D eigenvalue weighted by molar-refractivity contribution is -0.137. The summed E-state index contributed by atoms with van der Waals surface area (Å²) in [7, 11) is 1.61. The molecular weight excluding hydrogens is 236 g/mol. The van der Waals surface area contributed by atoms with Crippen molar-refractivity contribution < 1.29 is 19.8 Å². The highest BCUT2D eigenvalue weighted by atomic mass is 16.4. The van der Waals surface area contributed by atoms with Crippen molar-refractivity contribution in [3.63, 3.8) is 0 Å². The van der Waals surface area contributed by atoms with Crippen LogP contribution in [0.4, 0.5) is 4.79 Å². The van der Waals surface area contributed by atoms with Crippen molar-refractivity contribution in [1.82, 2.24) is 10.2 Å². The minimum absolute atomic E-state index is 0.108. The van der Waals surface area contributed by atoms with E-state index in [1.54, 1.807) is 20.9 Å². The van der Waals surface area contributed by atoms with Crippen molar-refractivity contribution in [2.45, 2.75) is 39.2 Å². The minimum atomic E-state index is -0.930. The Bertz CT molecular complexity index is 286. The molecule has 0 heterocycles. The number of likely N-dealkylation sites (N-methyl/N-ethyl adjacent to an activating group) is 1. The van der Waals surface area contributed by atoms with E-state index in [1.807, 2.05) is 6.92 Å². The Morgan fingerprint density at radius 3 is 2.39 bits per heavy atom. The van der Waals surface area contributed by atoms with Gasteiger partial charge in [-0.05, 0) is 26.2 Å². The molecule has 0 aromatic carbocycles. The number of aliphatic hydroxyl groups is 1. The molecule has 0 rings (SSSR count). The van der Waals surface area contributed by atoms with Gasteiger partial charge in [0, 0.05) is 20.0 Å². The third kappa shape index (κ3) is 8.81. The van der Waals surface area contributed by atoms with Crippen LogP contribution in [0.3, 0.4) is 0 Å². The molecule has 0 aromatic heterocycles. The summed E-state index contributed by atoms with van der Waals surface area (Å²) in [4.78, 5) is 23.4. The van der Waals surface area contributed by atoms with Crippen LogP contribution < -0.4 is 5.32 Å². The topological polar surface area (TPSA) is 89.9 Å². The molecule has 0 fully saturated rings. The minimum Gasteiger partial charge on any atom is -0.481 e. The van der Waals surface area contributed by atoms with Gasteiger partial charge < -0.3 is 20.4 Å². The summed E-state index contributed by atoms with van der Waals surface area (Å²) in [5, 5.41) is 20.8. The second-order valence-electron chi connectivity index (χ2n) is 5.39. The monoisotopic (exact) mass is 260 g/mol. The molecular formula is C12H24N2O4. The van der Waals surface area contributed by atoms with Crippen LogP contribution in [-0.4, -0.2) is 52.9 Å². The van der Waals surface area contributed by atoms with Gasteiger partial charge in [-0.1, -0.05) is 6.92 Å². The molecule has 6 heteroatoms. The van der Waals surface area contributed by atoms with Gasteiger partial charge in [-0.2, -0.15) is 0 Å². The average Bonchev–Trinajstić information content (AvgIpc) is 2.20. The number of nitrogens with one attached hydrogen (secondary N) is 1. The van der Waals surface area contributed by atoms with Crippen molar-refractivity contribution in [1.29, 1.82) is 0 Å². The Morgan fingerprint density at radius 1 is 1.39 bits per heavy atom. The van der Waals surface area contributed by atoms with E-state index in [0.717, 1.165) is 0 Å². The number of carboxylic acid groups (broad SMARTS) is 1. The van der Waals surface area contributed by atoms with Gasteiger partial charge in [0.25, 0.3) is 0 Å². The van der Waals surface area contributed by atoms with E-state index < -0.39 is 11.6 Å². The molecule has 0 saturated heterocycles. The molecule has 0 aliphatic rings. The molecule has 0 aromatic rings. The first-order valence-corrected chi connectivity index (χ1v) is 6.05. The van der Waals surface area contributed by atoms with Gasteiger partial charge in [-0.15, -0.1) is 0 Å². The van der Waals surface area contributed by atoms with Crippen molar-refractivity contribution >= 4 is 12.0 Å². The molecule has 1 atom stereocenters. The van der Waals surface area contributed by atoms with Crippen LogP contribution in [-0.2, 0) is 4.79 Å². The maximum absolute atomic E-state index is 11.7. The number of aliphatic carboxylic acids is 1. The normalized spacial score (nSPS) is 12.9. The summed E-state index contributed by atoms with van der Waals surface area (Å²) in [6, 6.07) is -0.265. The van der Waals surface area contributed by atoms with E-state index >= 15 is 0 Å². The second kappa shape index (κ2) is 7.20. The second-order valence-corrected chi connectivity index (χ2v) is 5.39. The summed E-state index contributed by atoms with van der Waals surface area (Å²) >= 11 is 0. The highest BCUT2D eigenvalue weighted by Crippen LogP contribution is 2.05. The van der Waals surface area contributed by atoms with Gasteiger partial charge in [0.05, 0.1) is 12.1 Å². The lowest BCUT2D eigenvalue weighted by Gasteiger charge is -2.26. The Hall–Kier alpha value is -1.30. The van der Waals surface area contributed by atoms with Crippen LogP contribution in [0.2, 0.25) is 0 Å². The highest BCUT2D eigenvalue weighted by molar-refractivity contribution is 5.73. The third-order valence-electron chi connectivity index (χ3n) is 2.42. The number of carbonyl (C=O) groups excluding carboxylic acids is 1. The fraction of sp³-hybridized carbons (Fsp3) is 0.833. The van der Waals surface area contributed by atoms with Crippen molar-refractivity contribution in [2.24, 2.45) is 5.92 Å². The quantitative estimate of drug-likeness (QED) is 0.634. The predicted molar refractivity (Wildman–Crippen MR) is 68.4 cm³/mol. The Balaban J connectivity index is 3.91. The largest absolute Gasteiger partial charge is 0.481 e. The van der Waals surface area contributed by atoms with Crippen LogP contribution in [0.1, 0.15) is 33.6 Å². The molecule has 2 amide bonds. The Morgan fingerprint density at radius 2 is 1.94 bits per heavy atom. The van der Waals surface area contributed by atoms with Gasteiger partial charge >= 0.3 is 12.0 Å². The van der Waals surface area contributed by atoms with Gasteiger partial charge in [0.1, 0.15) is 0 Å². The molecule has 18 heavy (non-hydrogen) atoms. The number of amides is 2. The van der Waals surface area contributed by atoms with Crippen LogP contribution in [0.5, 0.6) is 0 Å². The van der Waals surface area contributed by atoms with Gasteiger partial charge in [-0.25, -0.2) is 4.79 Å². The van der Waals surface area contributed by atoms with Crippen molar-refractivity contribution in [3.05, 3.63) is 0 Å². The number of rotatable bonds is 7. The zero-order valence-corrected chi connectivity index (χ0v) is 11.6. The molecule has 0 aliphatic carbocycles. The molecule has 3 N–H and O–H groups in total. The standard InChI is InChI=1S/C12H24N2O4/c1-9(5-6-10(15)16)7-13-11(17)14(4)8-12(2,3)18/h9,18H,5-8H2,1-4H3,(H,13,17)(H,15,16). The zero-order valence-electron chi connectivity index (χ0n) is 11.6. The Labute approximate surface area is 108 Å². The number of nitrogens with zero attached hydrogens (tertiary/aromatic N) is 1. The number of carboxylic acids is 1. The van der Waals surface area contributed by atoms with E-state index in [9.17, 15) is 14.7 Å². The molecule has 0 saturated carbocycles. The van der Waals surface area contributed by atoms with Crippen LogP contribution in [0.25, 0.3) is 0 Å². The predicted octanol–water partition coefficient (Wildman–Crippen LogP) is 0.900. The lowest BCUT2D eigenvalue weighted by atomic mass is 10.1. The summed E-state index contributed by atoms with van der Waals surface area (Å²) < 4.78 is 0. The van der Waals surface area contributed by atoms with Crippen molar-refractivity contribution in [2.75, 3.05) is 20.1 Å². The SMILES string of the molecule is CC(CCC(=O)O)CNC(=O)N(C)CC(C)(C)O. The fourth-order valence-electron chi connectivity index (χ4n) is 1.52. The van der Waals surface area contributed by atoms with Gasteiger partial charge in [-0.3, -0.25) is 4.79 Å². The zero-order chi connectivity index (χ0) is 14.3. The van der Waals surface area contributed by atoms with Crippen LogP contribution >= 0.6 is 0 Å². The number of hydrogen-bond acceptors (Lipinski definition) is 3. The average molecular weight is 260 g/mol. The molecule has 106 valence electrons. The Kier molecular flexibility index (Phi) is 6.68. The molecule has 0 spiro atoms. The lowest BCUT2D eigenvalue weighted by Crippen LogP contribution is -2.45. The van der Waals surface area contributed by atoms with E-state index in [2.05, 4.69) is 5.32 Å². The number of urea groups is 1. The van der Waals surface area contributed by atoms with Crippen LogP contribution in [0.15, 0.2) is 0 Å². The first kappa shape index (κ1) is 16.7. The van der Waals surface area contributed by atoms with E-state index in [1.165, 1.54) is 4.90 Å². The maximum Gasteiger partial charge on any atom is 0.317 e. The summed E-state index contributed by atoms with van der Waals surface area (Å²) in [5.74, 6) is -0.715. The van der Waals surface area contributed by atoms with E-state index in [4.69, 9.17) is 5.11 Å². The van der Waals surface area contributed by atoms with Crippen molar-refractivity contribution in [3.8, 4) is 0 Å². The van der Waals surface area contributed by atoms with E-state index in [0.29, 0.717) is 13.0 Å². The van der Waals surface area contributed by atoms with Crippen LogP contribution in [0, 0.1) is 5.92 Å². The van der Waals surface area contributed by atoms with Gasteiger partial charge in [0.2, 0.25) is 0 Å². The summed E-state index contributed by atoms with van der Waals surface area (Å²) in [5.41, 5.74) is -0.930. The molecule has 1 unspecified atom stereocenters. The number of hydrogen-bond donors (Lipinski definition) is 3. The molecule has 0 aliphatic heterocycles. The smallest absolute Gasteiger partial charge is 0.317 e. The first-order chi connectivity index (χ1) is 8.11. The number of carbonyl (C=O) groups is 2. The fourth-order valence-corrected chi connectivity index (χ4v) is 1.52. The first-order valence-electron chi connectivity index (χ1n) is 6.05. The maximum atomic E-state index is 11.7. The summed E-state index contributed by atoms with van der Waals surface area (Å²) in [6.07, 6.45) is 0.640. The summed E-state index contributed by atoms with van der Waals surface area (Å²) in [6.45, 7) is 5.82.